The Kier molecular flexibility index (Phi) is 11.9. The number of carboxylic acids is 1. The molecule has 0 fully saturated rings. The molecule has 0 amide bonds. The van der Waals surface area contributed by atoms with Crippen LogP contribution in [0.2, 0.25) is 0 Å². The van der Waals surface area contributed by atoms with Crippen LogP contribution in [-0.2, 0) is 4.79 Å². The van der Waals surface area contributed by atoms with E-state index in [0.717, 1.165) is 25.3 Å². The lowest BCUT2D eigenvalue weighted by Gasteiger charge is -2.00. The number of hydrogen-bond donors (Lipinski definition) is 3. The Bertz CT molecular complexity index is 138. The topological polar surface area (TPSA) is 89.3 Å². The maximum absolute atomic E-state index is 9.96. The Morgan fingerprint density at radius 1 is 1.36 bits per heavy atom. The fourth-order valence-electron chi connectivity index (χ4n) is 0.768. The van der Waals surface area contributed by atoms with E-state index in [0.29, 0.717) is 6.42 Å². The minimum atomic E-state index is -0.910. The lowest BCUT2D eigenvalue weighted by Crippen LogP contribution is -2.29. The molecule has 0 saturated carbocycles. The van der Waals surface area contributed by atoms with E-state index in [1.807, 2.05) is 6.92 Å². The van der Waals surface area contributed by atoms with Gasteiger partial charge in [0.15, 0.2) is 0 Å². The second kappa shape index (κ2) is 10.5. The van der Waals surface area contributed by atoms with Crippen LogP contribution in [0.4, 0.5) is 0 Å². The van der Waals surface area contributed by atoms with Crippen molar-refractivity contribution in [2.45, 2.75) is 46.1 Å². The summed E-state index contributed by atoms with van der Waals surface area (Å²) < 4.78 is 0. The summed E-state index contributed by atoms with van der Waals surface area (Å²) in [5.41, 5.74) is 10.4. The summed E-state index contributed by atoms with van der Waals surface area (Å²) in [7, 11) is 0. The summed E-state index contributed by atoms with van der Waals surface area (Å²) in [5.74, 6) is -0.137. The summed E-state index contributed by atoms with van der Waals surface area (Å²) >= 11 is 0. The highest BCUT2D eigenvalue weighted by Gasteiger charge is 2.07. The van der Waals surface area contributed by atoms with Crippen molar-refractivity contribution in [3.63, 3.8) is 0 Å². The molecular formula is C10H24N2O2. The van der Waals surface area contributed by atoms with Gasteiger partial charge in [-0.15, -0.1) is 0 Å². The minimum absolute atomic E-state index is 0.565. The minimum Gasteiger partial charge on any atom is -0.480 e. The Labute approximate surface area is 86.7 Å². The van der Waals surface area contributed by atoms with Crippen molar-refractivity contribution in [1.82, 2.24) is 0 Å². The number of nitrogens with two attached hydrogens (primary N) is 2. The zero-order valence-electron chi connectivity index (χ0n) is 9.49. The van der Waals surface area contributed by atoms with Crippen molar-refractivity contribution in [3.8, 4) is 0 Å². The number of hydrogen-bond acceptors (Lipinski definition) is 3. The van der Waals surface area contributed by atoms with E-state index in [9.17, 15) is 4.79 Å². The second-order valence-electron chi connectivity index (χ2n) is 3.70. The van der Waals surface area contributed by atoms with Crippen LogP contribution in [0.1, 0.15) is 40.0 Å². The molecule has 4 nitrogen and oxygen atoms in total. The molecule has 4 heteroatoms. The monoisotopic (exact) mass is 204 g/mol. The van der Waals surface area contributed by atoms with Crippen LogP contribution in [-0.4, -0.2) is 23.7 Å². The van der Waals surface area contributed by atoms with Crippen molar-refractivity contribution in [3.05, 3.63) is 0 Å². The molecule has 5 N–H and O–H groups in total. The molecule has 0 rings (SSSR count). The summed E-state index contributed by atoms with van der Waals surface area (Å²) in [6, 6.07) is -0.667. The Hall–Kier alpha value is -0.610. The van der Waals surface area contributed by atoms with Gasteiger partial charge in [-0.3, -0.25) is 4.79 Å². The number of aliphatic carboxylic acids is 1. The van der Waals surface area contributed by atoms with Gasteiger partial charge >= 0.3 is 5.97 Å². The van der Waals surface area contributed by atoms with E-state index >= 15 is 0 Å². The van der Waals surface area contributed by atoms with Crippen molar-refractivity contribution in [2.75, 3.05) is 6.54 Å². The Morgan fingerprint density at radius 3 is 1.93 bits per heavy atom. The van der Waals surface area contributed by atoms with E-state index in [1.54, 1.807) is 0 Å². The molecule has 14 heavy (non-hydrogen) atoms. The molecule has 86 valence electrons. The van der Waals surface area contributed by atoms with Gasteiger partial charge in [0.1, 0.15) is 6.04 Å². The van der Waals surface area contributed by atoms with Gasteiger partial charge in [0.05, 0.1) is 0 Å². The maximum atomic E-state index is 9.96. The average molecular weight is 204 g/mol. The van der Waals surface area contributed by atoms with Crippen LogP contribution >= 0.6 is 0 Å². The highest BCUT2D eigenvalue weighted by Crippen LogP contribution is 1.93. The van der Waals surface area contributed by atoms with Crippen LogP contribution in [0.25, 0.3) is 0 Å². The third-order valence-electron chi connectivity index (χ3n) is 1.66. The summed E-state index contributed by atoms with van der Waals surface area (Å²) in [4.78, 5) is 9.96. The SMILES string of the molecule is CC(C)CCN.CCCC(N)C(=O)O. The first-order valence-corrected chi connectivity index (χ1v) is 5.14. The lowest BCUT2D eigenvalue weighted by molar-refractivity contribution is -0.138. The largest absolute Gasteiger partial charge is 0.480 e. The molecule has 0 heterocycles. The van der Waals surface area contributed by atoms with Crippen molar-refractivity contribution >= 4 is 5.97 Å². The summed E-state index contributed by atoms with van der Waals surface area (Å²) in [6.45, 7) is 7.08. The van der Waals surface area contributed by atoms with E-state index < -0.39 is 12.0 Å². The van der Waals surface area contributed by atoms with Crippen LogP contribution in [0.3, 0.4) is 0 Å². The lowest BCUT2D eigenvalue weighted by atomic mass is 10.1. The molecule has 0 aromatic rings. The first kappa shape index (κ1) is 15.8. The normalized spacial score (nSPS) is 11.9. The molecule has 0 aliphatic carbocycles. The second-order valence-corrected chi connectivity index (χ2v) is 3.70. The van der Waals surface area contributed by atoms with E-state index in [2.05, 4.69) is 13.8 Å². The quantitative estimate of drug-likeness (QED) is 0.627. The van der Waals surface area contributed by atoms with Crippen molar-refractivity contribution in [2.24, 2.45) is 17.4 Å². The molecular weight excluding hydrogens is 180 g/mol. The maximum Gasteiger partial charge on any atom is 0.320 e. The zero-order valence-corrected chi connectivity index (χ0v) is 9.49. The predicted octanol–water partition coefficient (Wildman–Crippen LogP) is 1.19. The molecule has 0 aliphatic heterocycles. The first-order valence-electron chi connectivity index (χ1n) is 5.14. The molecule has 0 aliphatic rings. The van der Waals surface area contributed by atoms with E-state index in [4.69, 9.17) is 16.6 Å². The summed E-state index contributed by atoms with van der Waals surface area (Å²) in [5, 5.41) is 8.19. The van der Waals surface area contributed by atoms with Crippen LogP contribution in [0, 0.1) is 5.92 Å². The smallest absolute Gasteiger partial charge is 0.320 e. The van der Waals surface area contributed by atoms with Gasteiger partial charge in [0.25, 0.3) is 0 Å². The molecule has 0 aromatic carbocycles. The predicted molar refractivity (Wildman–Crippen MR) is 59.0 cm³/mol. The molecule has 0 bridgehead atoms. The van der Waals surface area contributed by atoms with Gasteiger partial charge in [0.2, 0.25) is 0 Å². The van der Waals surface area contributed by atoms with Gasteiger partial charge in [-0.25, -0.2) is 0 Å². The van der Waals surface area contributed by atoms with Gasteiger partial charge in [-0.1, -0.05) is 27.2 Å². The van der Waals surface area contributed by atoms with Crippen LogP contribution < -0.4 is 11.5 Å². The van der Waals surface area contributed by atoms with E-state index in [1.165, 1.54) is 0 Å². The van der Waals surface area contributed by atoms with Crippen molar-refractivity contribution in [1.29, 1.82) is 0 Å². The molecule has 0 aromatic heterocycles. The third kappa shape index (κ3) is 13.9. The number of rotatable bonds is 5. The van der Waals surface area contributed by atoms with Gasteiger partial charge in [0, 0.05) is 0 Å². The zero-order chi connectivity index (χ0) is 11.6. The first-order chi connectivity index (χ1) is 6.45. The Balaban J connectivity index is 0. The highest BCUT2D eigenvalue weighted by atomic mass is 16.4. The number of carboxylic acid groups (broad SMARTS) is 1. The van der Waals surface area contributed by atoms with Gasteiger partial charge < -0.3 is 16.6 Å². The fourth-order valence-corrected chi connectivity index (χ4v) is 0.768. The highest BCUT2D eigenvalue weighted by molar-refractivity contribution is 5.72. The standard InChI is InChI=1S/C5H11NO2.C5H13N/c1-2-3-4(6)5(7)8;1-5(2)3-4-6/h4H,2-3,6H2,1H3,(H,7,8);5H,3-4,6H2,1-2H3. The molecule has 0 saturated heterocycles. The summed E-state index contributed by atoms with van der Waals surface area (Å²) in [6.07, 6.45) is 2.54. The Morgan fingerprint density at radius 2 is 1.86 bits per heavy atom. The molecule has 1 unspecified atom stereocenters. The molecule has 1 atom stereocenters. The molecule has 0 spiro atoms. The van der Waals surface area contributed by atoms with Crippen LogP contribution in [0.5, 0.6) is 0 Å². The third-order valence-corrected chi connectivity index (χ3v) is 1.66. The van der Waals surface area contributed by atoms with Crippen molar-refractivity contribution < 1.29 is 9.90 Å². The van der Waals surface area contributed by atoms with E-state index in [-0.39, 0.29) is 0 Å². The fraction of sp³-hybridized carbons (Fsp3) is 0.900. The van der Waals surface area contributed by atoms with Crippen LogP contribution in [0.15, 0.2) is 0 Å². The number of carbonyl (C=O) groups is 1. The van der Waals surface area contributed by atoms with Gasteiger partial charge in [-0.05, 0) is 25.3 Å². The molecule has 0 radical (unpaired) electrons. The van der Waals surface area contributed by atoms with Gasteiger partial charge in [-0.2, -0.15) is 0 Å². The average Bonchev–Trinajstić information content (AvgIpc) is 2.05.